The lowest BCUT2D eigenvalue weighted by atomic mass is 10.0. The lowest BCUT2D eigenvalue weighted by Gasteiger charge is -2.17. The molecule has 0 saturated carbocycles. The Morgan fingerprint density at radius 1 is 1.09 bits per heavy atom. The monoisotopic (exact) mass is 319 g/mol. The van der Waals surface area contributed by atoms with Crippen molar-refractivity contribution in [1.82, 2.24) is 14.0 Å². The van der Waals surface area contributed by atoms with Gasteiger partial charge in [-0.3, -0.25) is 18.7 Å². The number of nitrogens with zero attached hydrogens (tertiary/aromatic N) is 3. The van der Waals surface area contributed by atoms with E-state index in [-0.39, 0.29) is 17.7 Å². The van der Waals surface area contributed by atoms with Crippen LogP contribution in [0.3, 0.4) is 0 Å². The Labute approximate surface area is 132 Å². The third kappa shape index (κ3) is 3.14. The molecule has 0 spiro atoms. The average Bonchev–Trinajstić information content (AvgIpc) is 2.50. The predicted molar refractivity (Wildman–Crippen MR) is 84.1 cm³/mol. The second-order valence-corrected chi connectivity index (χ2v) is 5.60. The first-order valence-corrected chi connectivity index (χ1v) is 6.98. The quantitative estimate of drug-likeness (QED) is 0.771. The molecular weight excluding hydrogens is 301 g/mol. The van der Waals surface area contributed by atoms with Gasteiger partial charge in [0.15, 0.2) is 5.78 Å². The number of halogens is 1. The van der Waals surface area contributed by atoms with Gasteiger partial charge in [0.1, 0.15) is 11.4 Å². The van der Waals surface area contributed by atoms with E-state index in [1.54, 1.807) is 19.0 Å². The normalized spacial score (nSPS) is 11.0. The van der Waals surface area contributed by atoms with Gasteiger partial charge < -0.3 is 4.90 Å². The van der Waals surface area contributed by atoms with Gasteiger partial charge in [-0.15, -0.1) is 0 Å². The van der Waals surface area contributed by atoms with Crippen molar-refractivity contribution < 1.29 is 9.18 Å². The minimum atomic E-state index is -0.653. The van der Waals surface area contributed by atoms with E-state index in [2.05, 4.69) is 0 Å². The van der Waals surface area contributed by atoms with Crippen molar-refractivity contribution >= 4 is 5.78 Å². The Bertz CT molecular complexity index is 864. The van der Waals surface area contributed by atoms with Crippen LogP contribution in [0.2, 0.25) is 0 Å². The molecule has 23 heavy (non-hydrogen) atoms. The van der Waals surface area contributed by atoms with Gasteiger partial charge in [0.2, 0.25) is 0 Å². The molecule has 0 N–H and O–H groups in total. The predicted octanol–water partition coefficient (Wildman–Crippen LogP) is 0.516. The highest BCUT2D eigenvalue weighted by Gasteiger charge is 2.23. The van der Waals surface area contributed by atoms with Crippen LogP contribution in [0.5, 0.6) is 0 Å². The molecule has 0 saturated heterocycles. The Morgan fingerprint density at radius 2 is 1.65 bits per heavy atom. The summed E-state index contributed by atoms with van der Waals surface area (Å²) in [5.41, 5.74) is -0.698. The molecule has 0 radical (unpaired) electrons. The molecule has 2 aromatic rings. The molecule has 122 valence electrons. The van der Waals surface area contributed by atoms with Crippen molar-refractivity contribution in [2.75, 3.05) is 14.1 Å². The SMILES string of the molecule is CN(C)Cc1c(C(=O)c2ccc(F)cc2)c(=O)n(C)c(=O)n1C. The van der Waals surface area contributed by atoms with Crippen molar-refractivity contribution in [3.8, 4) is 0 Å². The summed E-state index contributed by atoms with van der Waals surface area (Å²) in [6.07, 6.45) is 0. The fourth-order valence-corrected chi connectivity index (χ4v) is 2.34. The van der Waals surface area contributed by atoms with Gasteiger partial charge in [-0.1, -0.05) is 0 Å². The fourth-order valence-electron chi connectivity index (χ4n) is 2.34. The second-order valence-electron chi connectivity index (χ2n) is 5.60. The first-order valence-electron chi connectivity index (χ1n) is 6.98. The van der Waals surface area contributed by atoms with E-state index in [4.69, 9.17) is 0 Å². The summed E-state index contributed by atoms with van der Waals surface area (Å²) in [6, 6.07) is 4.96. The molecular formula is C16H18FN3O3. The van der Waals surface area contributed by atoms with Gasteiger partial charge in [-0.2, -0.15) is 0 Å². The highest BCUT2D eigenvalue weighted by molar-refractivity contribution is 6.09. The van der Waals surface area contributed by atoms with Gasteiger partial charge in [0, 0.05) is 26.2 Å². The third-order valence-electron chi connectivity index (χ3n) is 3.59. The van der Waals surface area contributed by atoms with Gasteiger partial charge in [0.25, 0.3) is 5.56 Å². The largest absolute Gasteiger partial charge is 0.330 e. The van der Waals surface area contributed by atoms with Crippen molar-refractivity contribution in [3.05, 3.63) is 67.7 Å². The molecule has 0 aliphatic rings. The van der Waals surface area contributed by atoms with E-state index in [0.717, 1.165) is 16.7 Å². The summed E-state index contributed by atoms with van der Waals surface area (Å²) in [7, 11) is 6.38. The van der Waals surface area contributed by atoms with E-state index in [0.29, 0.717) is 5.69 Å². The van der Waals surface area contributed by atoms with Crippen LogP contribution in [0.4, 0.5) is 4.39 Å². The van der Waals surface area contributed by atoms with Crippen molar-refractivity contribution in [1.29, 1.82) is 0 Å². The minimum Gasteiger partial charge on any atom is -0.304 e. The fraction of sp³-hybridized carbons (Fsp3) is 0.312. The topological polar surface area (TPSA) is 64.3 Å². The zero-order chi connectivity index (χ0) is 17.3. The first-order chi connectivity index (χ1) is 10.7. The third-order valence-corrected chi connectivity index (χ3v) is 3.59. The highest BCUT2D eigenvalue weighted by atomic mass is 19.1. The van der Waals surface area contributed by atoms with Crippen LogP contribution in [-0.2, 0) is 20.6 Å². The zero-order valence-corrected chi connectivity index (χ0v) is 13.5. The Hall–Kier alpha value is -2.54. The molecule has 1 heterocycles. The average molecular weight is 319 g/mol. The molecule has 1 aromatic carbocycles. The summed E-state index contributed by atoms with van der Waals surface area (Å²) in [5, 5.41) is 0. The molecule has 0 fully saturated rings. The molecule has 2 rings (SSSR count). The lowest BCUT2D eigenvalue weighted by molar-refractivity contribution is 0.103. The smallest absolute Gasteiger partial charge is 0.304 e. The molecule has 0 aliphatic heterocycles. The Kier molecular flexibility index (Phi) is 4.60. The number of ketones is 1. The van der Waals surface area contributed by atoms with E-state index >= 15 is 0 Å². The zero-order valence-electron chi connectivity index (χ0n) is 13.5. The van der Waals surface area contributed by atoms with E-state index in [9.17, 15) is 18.8 Å². The van der Waals surface area contributed by atoms with E-state index < -0.39 is 22.8 Å². The standard InChI is InChI=1S/C16H18FN3O3/c1-18(2)9-12-13(15(22)20(4)16(23)19(12)3)14(21)10-5-7-11(17)8-6-10/h5-8H,9H2,1-4H3. The summed E-state index contributed by atoms with van der Waals surface area (Å²) < 4.78 is 15.2. The van der Waals surface area contributed by atoms with Crippen LogP contribution in [-0.4, -0.2) is 33.9 Å². The van der Waals surface area contributed by atoms with Crippen molar-refractivity contribution in [2.24, 2.45) is 14.1 Å². The van der Waals surface area contributed by atoms with Crippen LogP contribution in [0, 0.1) is 5.82 Å². The second kappa shape index (κ2) is 6.29. The summed E-state index contributed by atoms with van der Waals surface area (Å²) >= 11 is 0. The van der Waals surface area contributed by atoms with Crippen LogP contribution < -0.4 is 11.2 Å². The molecule has 0 amide bonds. The highest BCUT2D eigenvalue weighted by Crippen LogP contribution is 2.12. The molecule has 6 nitrogen and oxygen atoms in total. The van der Waals surface area contributed by atoms with Crippen LogP contribution >= 0.6 is 0 Å². The number of aromatic nitrogens is 2. The van der Waals surface area contributed by atoms with Gasteiger partial charge in [0.05, 0.1) is 5.69 Å². The number of carbonyl (C=O) groups is 1. The molecule has 0 atom stereocenters. The number of benzene rings is 1. The molecule has 0 aliphatic carbocycles. The Morgan fingerprint density at radius 3 is 2.17 bits per heavy atom. The maximum Gasteiger partial charge on any atom is 0.330 e. The van der Waals surface area contributed by atoms with Gasteiger partial charge in [-0.05, 0) is 38.4 Å². The van der Waals surface area contributed by atoms with Crippen molar-refractivity contribution in [2.45, 2.75) is 6.54 Å². The summed E-state index contributed by atoms with van der Waals surface area (Å²) in [5.74, 6) is -0.999. The Balaban J connectivity index is 2.74. The molecule has 7 heteroatoms. The van der Waals surface area contributed by atoms with Crippen LogP contribution in [0.25, 0.3) is 0 Å². The lowest BCUT2D eigenvalue weighted by Crippen LogP contribution is -2.43. The molecule has 0 unspecified atom stereocenters. The van der Waals surface area contributed by atoms with Crippen LogP contribution in [0.1, 0.15) is 21.6 Å². The number of rotatable bonds is 4. The number of hydrogen-bond acceptors (Lipinski definition) is 4. The first kappa shape index (κ1) is 16.8. The van der Waals surface area contributed by atoms with E-state index in [1.165, 1.54) is 30.8 Å². The summed E-state index contributed by atoms with van der Waals surface area (Å²) in [6.45, 7) is 0.254. The maximum atomic E-state index is 13.0. The maximum absolute atomic E-state index is 13.0. The molecule has 0 bridgehead atoms. The minimum absolute atomic E-state index is 0.0742. The number of carbonyl (C=O) groups excluding carboxylic acids is 1. The van der Waals surface area contributed by atoms with Crippen LogP contribution in [0.15, 0.2) is 33.9 Å². The van der Waals surface area contributed by atoms with E-state index in [1.807, 2.05) is 0 Å². The van der Waals surface area contributed by atoms with Gasteiger partial charge in [-0.25, -0.2) is 9.18 Å². The number of hydrogen-bond donors (Lipinski definition) is 0. The molecule has 1 aromatic heterocycles. The van der Waals surface area contributed by atoms with Crippen molar-refractivity contribution in [3.63, 3.8) is 0 Å². The van der Waals surface area contributed by atoms with Gasteiger partial charge >= 0.3 is 5.69 Å². The summed E-state index contributed by atoms with van der Waals surface area (Å²) in [4.78, 5) is 39.0.